The van der Waals surface area contributed by atoms with Crippen LogP contribution in [-0.4, -0.2) is 16.3 Å². The Balaban J connectivity index is 1.59. The van der Waals surface area contributed by atoms with Crippen LogP contribution >= 0.6 is 0 Å². The van der Waals surface area contributed by atoms with Crippen molar-refractivity contribution in [1.29, 1.82) is 0 Å². The third-order valence-electron chi connectivity index (χ3n) is 3.87. The first-order valence-electron chi connectivity index (χ1n) is 7.04. The Kier molecular flexibility index (Phi) is 3.38. The number of fused-ring (bicyclic) bond motifs is 1. The Labute approximate surface area is 114 Å². The zero-order valence-corrected chi connectivity index (χ0v) is 11.7. The van der Waals surface area contributed by atoms with Crippen LogP contribution in [0.15, 0.2) is 30.6 Å². The van der Waals surface area contributed by atoms with Gasteiger partial charge in [-0.2, -0.15) is 5.10 Å². The van der Waals surface area contributed by atoms with Crippen molar-refractivity contribution in [3.8, 4) is 0 Å². The Morgan fingerprint density at radius 3 is 3.00 bits per heavy atom. The minimum atomic E-state index is 0.520. The van der Waals surface area contributed by atoms with E-state index in [1.165, 1.54) is 35.1 Å². The first-order chi connectivity index (χ1) is 9.22. The molecule has 3 nitrogen and oxygen atoms in total. The summed E-state index contributed by atoms with van der Waals surface area (Å²) in [4.78, 5) is 0. The van der Waals surface area contributed by atoms with Crippen molar-refractivity contribution in [3.63, 3.8) is 0 Å². The molecule has 3 heteroatoms. The van der Waals surface area contributed by atoms with Crippen molar-refractivity contribution in [1.82, 2.24) is 15.1 Å². The summed E-state index contributed by atoms with van der Waals surface area (Å²) < 4.78 is 2.01. The fourth-order valence-electron chi connectivity index (χ4n) is 2.88. The highest BCUT2D eigenvalue weighted by Gasteiger charge is 2.21. The maximum absolute atomic E-state index is 4.31. The van der Waals surface area contributed by atoms with Gasteiger partial charge >= 0.3 is 0 Å². The normalized spacial score (nSPS) is 17.7. The molecule has 100 valence electrons. The summed E-state index contributed by atoms with van der Waals surface area (Å²) in [5.41, 5.74) is 5.59. The molecule has 0 amide bonds. The van der Waals surface area contributed by atoms with Gasteiger partial charge in [-0.3, -0.25) is 4.68 Å². The predicted molar refractivity (Wildman–Crippen MR) is 77.2 cm³/mol. The molecule has 0 saturated carbocycles. The van der Waals surface area contributed by atoms with E-state index in [0.717, 1.165) is 13.1 Å². The second-order valence-electron chi connectivity index (χ2n) is 5.53. The lowest BCUT2D eigenvalue weighted by Gasteiger charge is -2.14. The van der Waals surface area contributed by atoms with Gasteiger partial charge in [0.2, 0.25) is 0 Å². The molecule has 0 spiro atoms. The molecule has 19 heavy (non-hydrogen) atoms. The van der Waals surface area contributed by atoms with Crippen LogP contribution in [0.25, 0.3) is 0 Å². The molecule has 1 N–H and O–H groups in total. The molecule has 0 fully saturated rings. The summed E-state index contributed by atoms with van der Waals surface area (Å²) in [6.07, 6.45) is 6.42. The molecular formula is C16H21N3. The van der Waals surface area contributed by atoms with Crippen molar-refractivity contribution < 1.29 is 0 Å². The van der Waals surface area contributed by atoms with Crippen molar-refractivity contribution in [2.75, 3.05) is 6.54 Å². The third-order valence-corrected chi connectivity index (χ3v) is 3.87. The largest absolute Gasteiger partial charge is 0.308 e. The molecule has 0 radical (unpaired) electrons. The Hall–Kier alpha value is -1.61. The van der Waals surface area contributed by atoms with Gasteiger partial charge in [0, 0.05) is 18.8 Å². The number of aromatic nitrogens is 2. The fourth-order valence-corrected chi connectivity index (χ4v) is 2.88. The van der Waals surface area contributed by atoms with Gasteiger partial charge in [-0.25, -0.2) is 0 Å². The SMILES string of the molecule is Cc1ccc2c(c1)C(NCCn1cc(C)cn1)CC2. The number of rotatable bonds is 4. The first-order valence-corrected chi connectivity index (χ1v) is 7.04. The molecule has 0 saturated heterocycles. The Morgan fingerprint density at radius 2 is 2.21 bits per heavy atom. The summed E-state index contributed by atoms with van der Waals surface area (Å²) >= 11 is 0. The van der Waals surface area contributed by atoms with Crippen LogP contribution in [0.4, 0.5) is 0 Å². The van der Waals surface area contributed by atoms with Crippen LogP contribution in [-0.2, 0) is 13.0 Å². The van der Waals surface area contributed by atoms with E-state index in [-0.39, 0.29) is 0 Å². The van der Waals surface area contributed by atoms with Gasteiger partial charge in [0.05, 0.1) is 12.7 Å². The number of aryl methyl sites for hydroxylation is 3. The Bertz CT molecular complexity index is 571. The second-order valence-corrected chi connectivity index (χ2v) is 5.53. The van der Waals surface area contributed by atoms with Gasteiger partial charge in [-0.05, 0) is 43.4 Å². The van der Waals surface area contributed by atoms with Gasteiger partial charge in [0.25, 0.3) is 0 Å². The van der Waals surface area contributed by atoms with Gasteiger partial charge in [0.1, 0.15) is 0 Å². The van der Waals surface area contributed by atoms with Crippen LogP contribution in [0.1, 0.15) is 34.7 Å². The van der Waals surface area contributed by atoms with E-state index in [4.69, 9.17) is 0 Å². The van der Waals surface area contributed by atoms with E-state index in [9.17, 15) is 0 Å². The smallest absolute Gasteiger partial charge is 0.0534 e. The molecule has 1 aromatic carbocycles. The molecule has 1 atom stereocenters. The molecule has 0 bridgehead atoms. The van der Waals surface area contributed by atoms with E-state index in [0.29, 0.717) is 6.04 Å². The highest BCUT2D eigenvalue weighted by molar-refractivity contribution is 5.37. The number of hydrogen-bond donors (Lipinski definition) is 1. The Morgan fingerprint density at radius 1 is 1.32 bits per heavy atom. The van der Waals surface area contributed by atoms with Crippen molar-refractivity contribution >= 4 is 0 Å². The number of hydrogen-bond acceptors (Lipinski definition) is 2. The van der Waals surface area contributed by atoms with E-state index >= 15 is 0 Å². The number of benzene rings is 1. The maximum Gasteiger partial charge on any atom is 0.0534 e. The zero-order chi connectivity index (χ0) is 13.2. The molecular weight excluding hydrogens is 234 g/mol. The lowest BCUT2D eigenvalue weighted by Crippen LogP contribution is -2.24. The van der Waals surface area contributed by atoms with E-state index in [1.54, 1.807) is 0 Å². The third kappa shape index (κ3) is 2.71. The van der Waals surface area contributed by atoms with E-state index in [1.807, 2.05) is 10.9 Å². The van der Waals surface area contributed by atoms with Crippen LogP contribution in [0, 0.1) is 13.8 Å². The van der Waals surface area contributed by atoms with Crippen molar-refractivity contribution in [2.24, 2.45) is 0 Å². The molecule has 1 heterocycles. The summed E-state index contributed by atoms with van der Waals surface area (Å²) in [7, 11) is 0. The molecule has 1 aliphatic rings. The minimum absolute atomic E-state index is 0.520. The summed E-state index contributed by atoms with van der Waals surface area (Å²) in [5.74, 6) is 0. The standard InChI is InChI=1S/C16H21N3/c1-12-3-4-14-5-6-16(15(14)9-12)17-7-8-19-11-13(2)10-18-19/h3-4,9-11,16-17H,5-8H2,1-2H3. The van der Waals surface area contributed by atoms with Crippen LogP contribution in [0.3, 0.4) is 0 Å². The van der Waals surface area contributed by atoms with Crippen LogP contribution in [0.5, 0.6) is 0 Å². The quantitative estimate of drug-likeness (QED) is 0.910. The lowest BCUT2D eigenvalue weighted by molar-refractivity contribution is 0.484. The van der Waals surface area contributed by atoms with Gasteiger partial charge in [-0.15, -0.1) is 0 Å². The highest BCUT2D eigenvalue weighted by atomic mass is 15.3. The zero-order valence-electron chi connectivity index (χ0n) is 11.7. The monoisotopic (exact) mass is 255 g/mol. The maximum atomic E-state index is 4.31. The van der Waals surface area contributed by atoms with Crippen molar-refractivity contribution in [2.45, 2.75) is 39.3 Å². The van der Waals surface area contributed by atoms with Gasteiger partial charge in [-0.1, -0.05) is 23.8 Å². The first kappa shape index (κ1) is 12.4. The minimum Gasteiger partial charge on any atom is -0.308 e. The summed E-state index contributed by atoms with van der Waals surface area (Å²) in [6.45, 7) is 6.15. The van der Waals surface area contributed by atoms with Gasteiger partial charge in [0.15, 0.2) is 0 Å². The average Bonchev–Trinajstić information content (AvgIpc) is 2.97. The topological polar surface area (TPSA) is 29.9 Å². The molecule has 0 aliphatic heterocycles. The molecule has 1 aliphatic carbocycles. The van der Waals surface area contributed by atoms with Crippen molar-refractivity contribution in [3.05, 3.63) is 52.8 Å². The summed E-state index contributed by atoms with van der Waals surface area (Å²) in [5, 5.41) is 7.98. The lowest BCUT2D eigenvalue weighted by atomic mass is 10.1. The summed E-state index contributed by atoms with van der Waals surface area (Å²) in [6, 6.07) is 7.35. The second kappa shape index (κ2) is 5.17. The molecule has 1 aromatic heterocycles. The number of nitrogens with one attached hydrogen (secondary N) is 1. The number of nitrogens with zero attached hydrogens (tertiary/aromatic N) is 2. The molecule has 1 unspecified atom stereocenters. The average molecular weight is 255 g/mol. The predicted octanol–water partition coefficient (Wildman–Crippen LogP) is 2.78. The molecule has 2 aromatic rings. The highest BCUT2D eigenvalue weighted by Crippen LogP contribution is 2.31. The van der Waals surface area contributed by atoms with Gasteiger partial charge < -0.3 is 5.32 Å². The van der Waals surface area contributed by atoms with Crippen LogP contribution < -0.4 is 5.32 Å². The van der Waals surface area contributed by atoms with E-state index < -0.39 is 0 Å². The molecule has 3 rings (SSSR count). The van der Waals surface area contributed by atoms with E-state index in [2.05, 4.69) is 48.7 Å². The van der Waals surface area contributed by atoms with Crippen LogP contribution in [0.2, 0.25) is 0 Å². The fraction of sp³-hybridized carbons (Fsp3) is 0.438.